The van der Waals surface area contributed by atoms with Crippen LogP contribution in [0.2, 0.25) is 0 Å². The molecule has 3 nitrogen and oxygen atoms in total. The molecule has 1 aliphatic heterocycles. The Bertz CT molecular complexity index is 636. The van der Waals surface area contributed by atoms with E-state index < -0.39 is 0 Å². The van der Waals surface area contributed by atoms with Crippen molar-refractivity contribution >= 4 is 33.0 Å². The molecule has 1 aliphatic rings. The highest BCUT2D eigenvalue weighted by Gasteiger charge is 2.16. The second kappa shape index (κ2) is 4.55. The number of rotatable bonds is 2. The lowest BCUT2D eigenvalue weighted by molar-refractivity contribution is -0.112. The molecule has 1 aromatic heterocycles. The SMILES string of the molecule is CC(C(=O)Nc1ccc2sccc2c1)=C1CNC1. The largest absolute Gasteiger partial charge is 0.322 e. The van der Waals surface area contributed by atoms with Crippen LogP contribution in [-0.4, -0.2) is 19.0 Å². The summed E-state index contributed by atoms with van der Waals surface area (Å²) in [7, 11) is 0. The van der Waals surface area contributed by atoms with E-state index in [1.165, 1.54) is 15.7 Å². The van der Waals surface area contributed by atoms with Crippen LogP contribution in [0.25, 0.3) is 10.1 Å². The number of nitrogens with one attached hydrogen (secondary N) is 2. The van der Waals surface area contributed by atoms with Crippen LogP contribution >= 0.6 is 11.3 Å². The molecule has 2 aromatic rings. The van der Waals surface area contributed by atoms with Crippen molar-refractivity contribution in [3.05, 3.63) is 40.8 Å². The average Bonchev–Trinajstić information content (AvgIpc) is 2.73. The van der Waals surface area contributed by atoms with Crippen LogP contribution in [0.3, 0.4) is 0 Å². The van der Waals surface area contributed by atoms with E-state index in [2.05, 4.69) is 22.1 Å². The first-order chi connectivity index (χ1) is 8.74. The van der Waals surface area contributed by atoms with Crippen LogP contribution in [0.4, 0.5) is 5.69 Å². The number of thiophene rings is 1. The zero-order valence-electron chi connectivity index (χ0n) is 10.1. The topological polar surface area (TPSA) is 41.1 Å². The first kappa shape index (κ1) is 11.4. The highest BCUT2D eigenvalue weighted by molar-refractivity contribution is 7.17. The van der Waals surface area contributed by atoms with Crippen molar-refractivity contribution < 1.29 is 4.79 Å². The highest BCUT2D eigenvalue weighted by atomic mass is 32.1. The molecule has 1 amide bonds. The van der Waals surface area contributed by atoms with Gasteiger partial charge in [-0.15, -0.1) is 11.3 Å². The third kappa shape index (κ3) is 2.05. The summed E-state index contributed by atoms with van der Waals surface area (Å²) in [5.74, 6) is 0.001000. The molecule has 1 fully saturated rings. The molecule has 0 radical (unpaired) electrons. The summed E-state index contributed by atoms with van der Waals surface area (Å²) in [6.07, 6.45) is 0. The minimum atomic E-state index is 0.001000. The summed E-state index contributed by atoms with van der Waals surface area (Å²) in [6.45, 7) is 3.56. The number of anilines is 1. The maximum Gasteiger partial charge on any atom is 0.251 e. The fourth-order valence-electron chi connectivity index (χ4n) is 1.94. The van der Waals surface area contributed by atoms with E-state index in [0.29, 0.717) is 0 Å². The Labute approximate surface area is 110 Å². The summed E-state index contributed by atoms with van der Waals surface area (Å²) < 4.78 is 1.24. The molecule has 92 valence electrons. The van der Waals surface area contributed by atoms with Gasteiger partial charge in [0.2, 0.25) is 0 Å². The van der Waals surface area contributed by atoms with Gasteiger partial charge in [0.25, 0.3) is 5.91 Å². The predicted octanol–water partition coefficient (Wildman–Crippen LogP) is 2.76. The van der Waals surface area contributed by atoms with E-state index in [1.807, 2.05) is 25.1 Å². The zero-order chi connectivity index (χ0) is 12.5. The lowest BCUT2D eigenvalue weighted by Gasteiger charge is -2.21. The van der Waals surface area contributed by atoms with Gasteiger partial charge < -0.3 is 10.6 Å². The predicted molar refractivity (Wildman–Crippen MR) is 76.0 cm³/mol. The summed E-state index contributed by atoms with van der Waals surface area (Å²) in [5, 5.41) is 9.33. The van der Waals surface area contributed by atoms with Crippen molar-refractivity contribution in [2.45, 2.75) is 6.92 Å². The van der Waals surface area contributed by atoms with Crippen LogP contribution in [0.15, 0.2) is 40.8 Å². The second-order valence-electron chi connectivity index (χ2n) is 4.46. The monoisotopic (exact) mass is 258 g/mol. The Morgan fingerprint density at radius 1 is 1.33 bits per heavy atom. The summed E-state index contributed by atoms with van der Waals surface area (Å²) >= 11 is 1.71. The molecular formula is C14H14N2OS. The number of benzene rings is 1. The first-order valence-electron chi connectivity index (χ1n) is 5.92. The Morgan fingerprint density at radius 2 is 2.17 bits per heavy atom. The summed E-state index contributed by atoms with van der Waals surface area (Å²) in [4.78, 5) is 12.0. The molecule has 0 bridgehead atoms. The first-order valence-corrected chi connectivity index (χ1v) is 6.80. The molecule has 1 saturated heterocycles. The van der Waals surface area contributed by atoms with Crippen molar-refractivity contribution in [3.63, 3.8) is 0 Å². The molecule has 0 spiro atoms. The van der Waals surface area contributed by atoms with Gasteiger partial charge in [-0.25, -0.2) is 0 Å². The molecule has 2 N–H and O–H groups in total. The van der Waals surface area contributed by atoms with Crippen molar-refractivity contribution in [2.75, 3.05) is 18.4 Å². The van der Waals surface area contributed by atoms with Gasteiger partial charge in [0.05, 0.1) is 0 Å². The van der Waals surface area contributed by atoms with E-state index in [9.17, 15) is 4.79 Å². The maximum atomic E-state index is 12.0. The molecule has 18 heavy (non-hydrogen) atoms. The smallest absolute Gasteiger partial charge is 0.251 e. The molecule has 3 rings (SSSR count). The van der Waals surface area contributed by atoms with Gasteiger partial charge in [0.15, 0.2) is 0 Å². The van der Waals surface area contributed by atoms with E-state index >= 15 is 0 Å². The standard InChI is InChI=1S/C14H14N2OS/c1-9(11-7-15-8-11)14(17)16-12-2-3-13-10(6-12)4-5-18-13/h2-6,15H,7-8H2,1H3,(H,16,17). The Morgan fingerprint density at radius 3 is 2.89 bits per heavy atom. The van der Waals surface area contributed by atoms with Crippen molar-refractivity contribution in [2.24, 2.45) is 0 Å². The van der Waals surface area contributed by atoms with Crippen molar-refractivity contribution in [1.82, 2.24) is 5.32 Å². The summed E-state index contributed by atoms with van der Waals surface area (Å²) in [6, 6.07) is 8.08. The van der Waals surface area contributed by atoms with Crippen LogP contribution in [0.5, 0.6) is 0 Å². The molecule has 4 heteroatoms. The minimum absolute atomic E-state index is 0.001000. The number of carbonyl (C=O) groups excluding carboxylic acids is 1. The van der Waals surface area contributed by atoms with E-state index in [1.54, 1.807) is 11.3 Å². The quantitative estimate of drug-likeness (QED) is 0.813. The van der Waals surface area contributed by atoms with E-state index in [0.717, 1.165) is 24.4 Å². The highest BCUT2D eigenvalue weighted by Crippen LogP contribution is 2.24. The molecule has 0 unspecified atom stereocenters. The maximum absolute atomic E-state index is 12.0. The zero-order valence-corrected chi connectivity index (χ0v) is 10.9. The Hall–Kier alpha value is -1.65. The second-order valence-corrected chi connectivity index (χ2v) is 5.41. The van der Waals surface area contributed by atoms with Crippen molar-refractivity contribution in [3.8, 4) is 0 Å². The van der Waals surface area contributed by atoms with E-state index in [4.69, 9.17) is 0 Å². The molecule has 0 atom stereocenters. The Kier molecular flexibility index (Phi) is 2.89. The van der Waals surface area contributed by atoms with Gasteiger partial charge in [-0.2, -0.15) is 0 Å². The average molecular weight is 258 g/mol. The molecule has 0 aliphatic carbocycles. The minimum Gasteiger partial charge on any atom is -0.322 e. The fourth-order valence-corrected chi connectivity index (χ4v) is 2.72. The fraction of sp³-hybridized carbons (Fsp3) is 0.214. The molecule has 0 saturated carbocycles. The van der Waals surface area contributed by atoms with Crippen molar-refractivity contribution in [1.29, 1.82) is 0 Å². The molecule has 2 heterocycles. The van der Waals surface area contributed by atoms with Gasteiger partial charge >= 0.3 is 0 Å². The lowest BCUT2D eigenvalue weighted by atomic mass is 10.0. The molecule has 1 aromatic carbocycles. The van der Waals surface area contributed by atoms with Gasteiger partial charge in [-0.1, -0.05) is 0 Å². The normalized spacial score (nSPS) is 14.4. The number of fused-ring (bicyclic) bond motifs is 1. The van der Waals surface area contributed by atoms with Gasteiger partial charge in [0.1, 0.15) is 0 Å². The number of amides is 1. The van der Waals surface area contributed by atoms with Gasteiger partial charge in [-0.3, -0.25) is 4.79 Å². The molecular weight excluding hydrogens is 244 g/mol. The lowest BCUT2D eigenvalue weighted by Crippen LogP contribution is -2.36. The van der Waals surface area contributed by atoms with Crippen LogP contribution in [0.1, 0.15) is 6.92 Å². The van der Waals surface area contributed by atoms with E-state index in [-0.39, 0.29) is 5.91 Å². The van der Waals surface area contributed by atoms with Gasteiger partial charge in [-0.05, 0) is 47.5 Å². The summed E-state index contributed by atoms with van der Waals surface area (Å²) in [5.41, 5.74) is 2.89. The Balaban J connectivity index is 1.81. The van der Waals surface area contributed by atoms with Crippen LogP contribution in [0, 0.1) is 0 Å². The van der Waals surface area contributed by atoms with Gasteiger partial charge in [0, 0.05) is 29.0 Å². The van der Waals surface area contributed by atoms with Crippen LogP contribution < -0.4 is 10.6 Å². The number of hydrogen-bond acceptors (Lipinski definition) is 3. The third-order valence-electron chi connectivity index (χ3n) is 3.26. The van der Waals surface area contributed by atoms with Crippen LogP contribution in [-0.2, 0) is 4.79 Å². The number of hydrogen-bond donors (Lipinski definition) is 2. The number of carbonyl (C=O) groups is 1. The third-order valence-corrected chi connectivity index (χ3v) is 4.16.